The van der Waals surface area contributed by atoms with Gasteiger partial charge in [0.15, 0.2) is 0 Å². The van der Waals surface area contributed by atoms with Crippen molar-refractivity contribution in [2.75, 3.05) is 13.1 Å². The molecule has 0 heterocycles. The summed E-state index contributed by atoms with van der Waals surface area (Å²) >= 11 is 0. The number of carbonyl (C=O) groups excluding carboxylic acids is 2. The zero-order chi connectivity index (χ0) is 16.5. The Hall–Kier alpha value is -2.37. The summed E-state index contributed by atoms with van der Waals surface area (Å²) in [6.07, 6.45) is 0.939. The molecule has 0 saturated carbocycles. The SMILES string of the molecule is CCC(NC(=O)CN(CCc1ccccc1)C(C)=O)C(=O)O. The molecule has 120 valence electrons. The fourth-order valence-corrected chi connectivity index (χ4v) is 2.01. The number of carbonyl (C=O) groups is 3. The first-order valence-corrected chi connectivity index (χ1v) is 7.25. The maximum atomic E-state index is 11.9. The van der Waals surface area contributed by atoms with Crippen molar-refractivity contribution in [3.05, 3.63) is 35.9 Å². The van der Waals surface area contributed by atoms with Crippen molar-refractivity contribution in [3.63, 3.8) is 0 Å². The summed E-state index contributed by atoms with van der Waals surface area (Å²) < 4.78 is 0. The Kier molecular flexibility index (Phi) is 7.08. The van der Waals surface area contributed by atoms with Gasteiger partial charge >= 0.3 is 5.97 Å². The van der Waals surface area contributed by atoms with E-state index in [4.69, 9.17) is 5.11 Å². The summed E-state index contributed by atoms with van der Waals surface area (Å²) in [4.78, 5) is 35.8. The molecule has 6 nitrogen and oxygen atoms in total. The van der Waals surface area contributed by atoms with Gasteiger partial charge in [-0.25, -0.2) is 4.79 Å². The van der Waals surface area contributed by atoms with Crippen molar-refractivity contribution in [3.8, 4) is 0 Å². The summed E-state index contributed by atoms with van der Waals surface area (Å²) in [7, 11) is 0. The number of nitrogens with one attached hydrogen (secondary N) is 1. The first-order valence-electron chi connectivity index (χ1n) is 7.25. The highest BCUT2D eigenvalue weighted by Crippen LogP contribution is 2.02. The first-order chi connectivity index (χ1) is 10.4. The fourth-order valence-electron chi connectivity index (χ4n) is 2.01. The Bertz CT molecular complexity index is 516. The number of hydrogen-bond acceptors (Lipinski definition) is 3. The highest BCUT2D eigenvalue weighted by atomic mass is 16.4. The lowest BCUT2D eigenvalue weighted by Crippen LogP contribution is -2.46. The van der Waals surface area contributed by atoms with Gasteiger partial charge in [0.1, 0.15) is 6.04 Å². The Morgan fingerprint density at radius 2 is 1.86 bits per heavy atom. The van der Waals surface area contributed by atoms with Crippen LogP contribution >= 0.6 is 0 Å². The van der Waals surface area contributed by atoms with E-state index in [1.165, 1.54) is 11.8 Å². The second-order valence-electron chi connectivity index (χ2n) is 5.04. The van der Waals surface area contributed by atoms with Gasteiger partial charge in [-0.3, -0.25) is 9.59 Å². The zero-order valence-corrected chi connectivity index (χ0v) is 12.9. The third-order valence-electron chi connectivity index (χ3n) is 3.33. The molecule has 0 aliphatic rings. The van der Waals surface area contributed by atoms with E-state index in [1.54, 1.807) is 6.92 Å². The Morgan fingerprint density at radius 1 is 1.23 bits per heavy atom. The molecule has 22 heavy (non-hydrogen) atoms. The maximum Gasteiger partial charge on any atom is 0.326 e. The van der Waals surface area contributed by atoms with Crippen LogP contribution in [0.3, 0.4) is 0 Å². The van der Waals surface area contributed by atoms with E-state index in [1.807, 2.05) is 30.3 Å². The van der Waals surface area contributed by atoms with Crippen LogP contribution in [0.2, 0.25) is 0 Å². The molecule has 0 saturated heterocycles. The normalized spacial score (nSPS) is 11.5. The van der Waals surface area contributed by atoms with Gasteiger partial charge in [0, 0.05) is 13.5 Å². The predicted molar refractivity (Wildman–Crippen MR) is 82.3 cm³/mol. The van der Waals surface area contributed by atoms with Crippen LogP contribution in [0.4, 0.5) is 0 Å². The van der Waals surface area contributed by atoms with Gasteiger partial charge in [-0.2, -0.15) is 0 Å². The van der Waals surface area contributed by atoms with Gasteiger partial charge in [-0.1, -0.05) is 37.3 Å². The number of rotatable bonds is 8. The number of carboxylic acids is 1. The van der Waals surface area contributed by atoms with Gasteiger partial charge in [0.2, 0.25) is 11.8 Å². The minimum absolute atomic E-state index is 0.133. The second-order valence-corrected chi connectivity index (χ2v) is 5.04. The Labute approximate surface area is 130 Å². The fraction of sp³-hybridized carbons (Fsp3) is 0.438. The third-order valence-corrected chi connectivity index (χ3v) is 3.33. The van der Waals surface area contributed by atoms with Crippen LogP contribution in [0.5, 0.6) is 0 Å². The number of benzene rings is 1. The molecule has 0 aliphatic carbocycles. The molecule has 0 spiro atoms. The summed E-state index contributed by atoms with van der Waals surface area (Å²) in [5, 5.41) is 11.3. The van der Waals surface area contributed by atoms with E-state index in [0.29, 0.717) is 19.4 Å². The number of hydrogen-bond donors (Lipinski definition) is 2. The highest BCUT2D eigenvalue weighted by Gasteiger charge is 2.20. The van der Waals surface area contributed by atoms with Crippen LogP contribution in [-0.2, 0) is 20.8 Å². The van der Waals surface area contributed by atoms with E-state index in [-0.39, 0.29) is 12.5 Å². The third kappa shape index (κ3) is 5.95. The van der Waals surface area contributed by atoms with Crippen LogP contribution < -0.4 is 5.32 Å². The molecule has 0 aromatic heterocycles. The number of carboxylic acid groups (broad SMARTS) is 1. The van der Waals surface area contributed by atoms with Crippen molar-refractivity contribution in [1.29, 1.82) is 0 Å². The monoisotopic (exact) mass is 306 g/mol. The van der Waals surface area contributed by atoms with Gasteiger partial charge in [-0.15, -0.1) is 0 Å². The van der Waals surface area contributed by atoms with E-state index >= 15 is 0 Å². The smallest absolute Gasteiger partial charge is 0.326 e. The van der Waals surface area contributed by atoms with Crippen molar-refractivity contribution in [2.45, 2.75) is 32.7 Å². The lowest BCUT2D eigenvalue weighted by Gasteiger charge is -2.21. The average molecular weight is 306 g/mol. The van der Waals surface area contributed by atoms with Crippen LogP contribution in [0.25, 0.3) is 0 Å². The van der Waals surface area contributed by atoms with Gasteiger partial charge < -0.3 is 15.3 Å². The van der Waals surface area contributed by atoms with E-state index < -0.39 is 17.9 Å². The molecule has 0 bridgehead atoms. The summed E-state index contributed by atoms with van der Waals surface area (Å²) in [5.41, 5.74) is 1.08. The van der Waals surface area contributed by atoms with Gasteiger partial charge in [-0.05, 0) is 18.4 Å². The number of amides is 2. The van der Waals surface area contributed by atoms with Crippen LogP contribution in [0.1, 0.15) is 25.8 Å². The molecule has 1 atom stereocenters. The molecule has 1 aromatic carbocycles. The van der Waals surface area contributed by atoms with Gasteiger partial charge in [0.25, 0.3) is 0 Å². The van der Waals surface area contributed by atoms with Crippen LogP contribution in [0, 0.1) is 0 Å². The Balaban J connectivity index is 2.55. The average Bonchev–Trinajstić information content (AvgIpc) is 2.49. The molecule has 6 heteroatoms. The standard InChI is InChI=1S/C16H22N2O4/c1-3-14(16(21)22)17-15(20)11-18(12(2)19)10-9-13-7-5-4-6-8-13/h4-8,14H,3,9-11H2,1-2H3,(H,17,20)(H,21,22). The molecular formula is C16H22N2O4. The van der Waals surface area contributed by atoms with Crippen molar-refractivity contribution in [1.82, 2.24) is 10.2 Å². The summed E-state index contributed by atoms with van der Waals surface area (Å²) in [5.74, 6) is -1.75. The van der Waals surface area contributed by atoms with Crippen molar-refractivity contribution in [2.24, 2.45) is 0 Å². The minimum Gasteiger partial charge on any atom is -0.480 e. The maximum absolute atomic E-state index is 11.9. The van der Waals surface area contributed by atoms with Crippen molar-refractivity contribution < 1.29 is 19.5 Å². The minimum atomic E-state index is -1.07. The van der Waals surface area contributed by atoms with E-state index in [9.17, 15) is 14.4 Å². The molecule has 0 radical (unpaired) electrons. The van der Waals surface area contributed by atoms with E-state index in [0.717, 1.165) is 5.56 Å². The molecule has 2 N–H and O–H groups in total. The lowest BCUT2D eigenvalue weighted by atomic mass is 10.1. The van der Waals surface area contributed by atoms with Crippen LogP contribution in [0.15, 0.2) is 30.3 Å². The predicted octanol–water partition coefficient (Wildman–Crippen LogP) is 1.06. The molecule has 1 rings (SSSR count). The van der Waals surface area contributed by atoms with Crippen molar-refractivity contribution >= 4 is 17.8 Å². The molecule has 2 amide bonds. The highest BCUT2D eigenvalue weighted by molar-refractivity contribution is 5.87. The van der Waals surface area contributed by atoms with E-state index in [2.05, 4.69) is 5.32 Å². The first kappa shape index (κ1) is 17.7. The quantitative estimate of drug-likeness (QED) is 0.752. The Morgan fingerprint density at radius 3 is 2.36 bits per heavy atom. The topological polar surface area (TPSA) is 86.7 Å². The molecule has 1 aromatic rings. The number of nitrogens with zero attached hydrogens (tertiary/aromatic N) is 1. The van der Waals surface area contributed by atoms with Gasteiger partial charge in [0.05, 0.1) is 6.54 Å². The molecule has 1 unspecified atom stereocenters. The molecule has 0 fully saturated rings. The second kappa shape index (κ2) is 8.81. The summed E-state index contributed by atoms with van der Waals surface area (Å²) in [6.45, 7) is 3.35. The molecule has 0 aliphatic heterocycles. The number of aliphatic carboxylic acids is 1. The lowest BCUT2D eigenvalue weighted by molar-refractivity contribution is -0.142. The summed E-state index contributed by atoms with van der Waals surface area (Å²) in [6, 6.07) is 8.73. The zero-order valence-electron chi connectivity index (χ0n) is 12.9. The molecular weight excluding hydrogens is 284 g/mol. The van der Waals surface area contributed by atoms with Crippen LogP contribution in [-0.4, -0.2) is 46.9 Å². The largest absolute Gasteiger partial charge is 0.480 e.